The second kappa shape index (κ2) is 7.16. The molecule has 148 valence electrons. The fraction of sp³-hybridized carbons (Fsp3) is 0.273. The molecule has 0 unspecified atom stereocenters. The first-order valence-corrected chi connectivity index (χ1v) is 9.64. The smallest absolute Gasteiger partial charge is 0.282 e. The van der Waals surface area contributed by atoms with Gasteiger partial charge in [0.25, 0.3) is 5.56 Å². The van der Waals surface area contributed by atoms with E-state index in [0.717, 1.165) is 22.8 Å². The lowest BCUT2D eigenvalue weighted by Gasteiger charge is -2.15. The molecule has 1 aromatic carbocycles. The van der Waals surface area contributed by atoms with Crippen molar-refractivity contribution in [3.63, 3.8) is 0 Å². The fourth-order valence-electron chi connectivity index (χ4n) is 3.64. The normalized spacial score (nSPS) is 11.9. The number of para-hydroxylation sites is 1. The predicted octanol–water partition coefficient (Wildman–Crippen LogP) is 3.77. The van der Waals surface area contributed by atoms with E-state index in [0.29, 0.717) is 16.7 Å². The molecule has 4 aromatic rings. The summed E-state index contributed by atoms with van der Waals surface area (Å²) in [5.74, 6) is 1.56. The maximum absolute atomic E-state index is 12.8. The molecule has 0 aliphatic rings. The van der Waals surface area contributed by atoms with Gasteiger partial charge in [0.05, 0.1) is 23.3 Å². The first-order chi connectivity index (χ1) is 13.9. The van der Waals surface area contributed by atoms with E-state index in [4.69, 9.17) is 0 Å². The molecule has 3 heterocycles. The number of fused-ring (bicyclic) bond motifs is 1. The molecule has 0 saturated carbocycles. The van der Waals surface area contributed by atoms with Gasteiger partial charge in [-0.05, 0) is 52.8 Å². The van der Waals surface area contributed by atoms with Crippen molar-refractivity contribution >= 4 is 17.1 Å². The van der Waals surface area contributed by atoms with Gasteiger partial charge in [0.2, 0.25) is 0 Å². The first kappa shape index (κ1) is 18.9. The SMILES string of the molecule is Cc1cc(C=Nn2c(C)nc3ccccc3c2=O)c(C)n1-c1ccnn1C(C)C. The van der Waals surface area contributed by atoms with E-state index < -0.39 is 0 Å². The highest BCUT2D eigenvalue weighted by molar-refractivity contribution is 5.82. The first-order valence-electron chi connectivity index (χ1n) is 9.64. The van der Waals surface area contributed by atoms with Crippen LogP contribution in [0.4, 0.5) is 0 Å². The van der Waals surface area contributed by atoms with Crippen LogP contribution in [-0.2, 0) is 0 Å². The lowest BCUT2D eigenvalue weighted by Crippen LogP contribution is -2.20. The molecule has 29 heavy (non-hydrogen) atoms. The summed E-state index contributed by atoms with van der Waals surface area (Å²) in [7, 11) is 0. The summed E-state index contributed by atoms with van der Waals surface area (Å²) in [6, 6.07) is 11.6. The van der Waals surface area contributed by atoms with Gasteiger partial charge in [-0.25, -0.2) is 9.67 Å². The van der Waals surface area contributed by atoms with Crippen LogP contribution in [0.5, 0.6) is 0 Å². The van der Waals surface area contributed by atoms with Crippen LogP contribution in [0.2, 0.25) is 0 Å². The van der Waals surface area contributed by atoms with Gasteiger partial charge in [-0.3, -0.25) is 4.79 Å². The van der Waals surface area contributed by atoms with Crippen molar-refractivity contribution in [2.45, 2.75) is 40.7 Å². The Hall–Kier alpha value is -3.48. The van der Waals surface area contributed by atoms with Crippen molar-refractivity contribution in [2.24, 2.45) is 5.10 Å². The fourth-order valence-corrected chi connectivity index (χ4v) is 3.64. The van der Waals surface area contributed by atoms with Crippen molar-refractivity contribution in [3.8, 4) is 5.82 Å². The summed E-state index contributed by atoms with van der Waals surface area (Å²) in [6.07, 6.45) is 3.53. The highest BCUT2D eigenvalue weighted by Crippen LogP contribution is 2.21. The van der Waals surface area contributed by atoms with Crippen molar-refractivity contribution in [2.75, 3.05) is 0 Å². The van der Waals surface area contributed by atoms with E-state index in [1.165, 1.54) is 4.68 Å². The number of aryl methyl sites for hydroxylation is 2. The van der Waals surface area contributed by atoms with E-state index in [9.17, 15) is 4.79 Å². The summed E-state index contributed by atoms with van der Waals surface area (Å²) in [6.45, 7) is 10.1. The molecule has 7 heteroatoms. The number of rotatable bonds is 4. The molecular weight excluding hydrogens is 364 g/mol. The Kier molecular flexibility index (Phi) is 4.66. The Labute approximate surface area is 168 Å². The predicted molar refractivity (Wildman–Crippen MR) is 115 cm³/mol. The largest absolute Gasteiger partial charge is 0.303 e. The van der Waals surface area contributed by atoms with Crippen LogP contribution in [0.3, 0.4) is 0 Å². The average molecular weight is 388 g/mol. The van der Waals surface area contributed by atoms with Gasteiger partial charge in [0, 0.05) is 29.1 Å². The number of aromatic nitrogens is 5. The van der Waals surface area contributed by atoms with Crippen LogP contribution in [0.25, 0.3) is 16.7 Å². The molecule has 0 aliphatic carbocycles. The van der Waals surface area contributed by atoms with Gasteiger partial charge in [-0.2, -0.15) is 14.9 Å². The van der Waals surface area contributed by atoms with Gasteiger partial charge in [0.1, 0.15) is 11.6 Å². The molecule has 0 bridgehead atoms. The summed E-state index contributed by atoms with van der Waals surface area (Å²) in [5, 5.41) is 9.46. The Morgan fingerprint density at radius 3 is 2.62 bits per heavy atom. The molecule has 7 nitrogen and oxygen atoms in total. The lowest BCUT2D eigenvalue weighted by atomic mass is 10.2. The van der Waals surface area contributed by atoms with Crippen LogP contribution < -0.4 is 5.56 Å². The average Bonchev–Trinajstić information content (AvgIpc) is 3.26. The lowest BCUT2D eigenvalue weighted by molar-refractivity contribution is 0.519. The zero-order valence-electron chi connectivity index (χ0n) is 17.3. The monoisotopic (exact) mass is 388 g/mol. The standard InChI is InChI=1S/C22H24N6O/c1-14(2)27-21(10-11-23-27)26-15(3)12-18(16(26)4)13-24-28-17(5)25-20-9-7-6-8-19(20)22(28)29/h6-14H,1-5H3. The van der Waals surface area contributed by atoms with Gasteiger partial charge in [-0.15, -0.1) is 0 Å². The van der Waals surface area contributed by atoms with Gasteiger partial charge in [-0.1, -0.05) is 12.1 Å². The third-order valence-corrected chi connectivity index (χ3v) is 5.07. The Morgan fingerprint density at radius 2 is 1.86 bits per heavy atom. The minimum atomic E-state index is -0.170. The maximum atomic E-state index is 12.8. The van der Waals surface area contributed by atoms with Crippen molar-refractivity contribution in [1.82, 2.24) is 24.0 Å². The zero-order valence-corrected chi connectivity index (χ0v) is 17.3. The van der Waals surface area contributed by atoms with Crippen LogP contribution >= 0.6 is 0 Å². The third-order valence-electron chi connectivity index (χ3n) is 5.07. The Bertz CT molecular complexity index is 1290. The van der Waals surface area contributed by atoms with Crippen molar-refractivity contribution in [3.05, 3.63) is 75.7 Å². The molecule has 0 saturated heterocycles. The van der Waals surface area contributed by atoms with Crippen LogP contribution in [0.1, 0.15) is 42.7 Å². The number of hydrogen-bond donors (Lipinski definition) is 0. The summed E-state index contributed by atoms with van der Waals surface area (Å²) in [5.41, 5.74) is 3.57. The highest BCUT2D eigenvalue weighted by atomic mass is 16.1. The topological polar surface area (TPSA) is 70.0 Å². The van der Waals surface area contributed by atoms with E-state index in [2.05, 4.69) is 46.6 Å². The van der Waals surface area contributed by atoms with Crippen LogP contribution in [-0.4, -0.2) is 30.2 Å². The molecule has 0 amide bonds. The molecule has 0 radical (unpaired) electrons. The molecule has 4 rings (SSSR count). The summed E-state index contributed by atoms with van der Waals surface area (Å²) < 4.78 is 5.50. The Balaban J connectivity index is 1.79. The molecule has 0 aliphatic heterocycles. The second-order valence-electron chi connectivity index (χ2n) is 7.43. The van der Waals surface area contributed by atoms with Crippen molar-refractivity contribution in [1.29, 1.82) is 0 Å². The van der Waals surface area contributed by atoms with E-state index in [1.807, 2.05) is 42.1 Å². The minimum Gasteiger partial charge on any atom is -0.303 e. The highest BCUT2D eigenvalue weighted by Gasteiger charge is 2.15. The number of nitrogens with zero attached hydrogens (tertiary/aromatic N) is 6. The van der Waals surface area contributed by atoms with Crippen molar-refractivity contribution < 1.29 is 0 Å². The molecule has 3 aromatic heterocycles. The number of hydrogen-bond acceptors (Lipinski definition) is 4. The molecule has 0 N–H and O–H groups in total. The van der Waals surface area contributed by atoms with Gasteiger partial charge in [0.15, 0.2) is 0 Å². The van der Waals surface area contributed by atoms with E-state index in [1.54, 1.807) is 19.2 Å². The molecule has 0 atom stereocenters. The summed E-state index contributed by atoms with van der Waals surface area (Å²) in [4.78, 5) is 17.3. The summed E-state index contributed by atoms with van der Waals surface area (Å²) >= 11 is 0. The van der Waals surface area contributed by atoms with Gasteiger partial charge < -0.3 is 4.57 Å². The minimum absolute atomic E-state index is 0.170. The number of benzene rings is 1. The van der Waals surface area contributed by atoms with E-state index in [-0.39, 0.29) is 11.6 Å². The van der Waals surface area contributed by atoms with Gasteiger partial charge >= 0.3 is 0 Å². The van der Waals surface area contributed by atoms with E-state index >= 15 is 0 Å². The molecule has 0 spiro atoms. The maximum Gasteiger partial charge on any atom is 0.282 e. The third kappa shape index (κ3) is 3.18. The second-order valence-corrected chi connectivity index (χ2v) is 7.43. The molecular formula is C22H24N6O. The quantitative estimate of drug-likeness (QED) is 0.500. The molecule has 0 fully saturated rings. The Morgan fingerprint density at radius 1 is 1.10 bits per heavy atom. The van der Waals surface area contributed by atoms with Crippen LogP contribution in [0.15, 0.2) is 52.5 Å². The van der Waals surface area contributed by atoms with Crippen LogP contribution in [0, 0.1) is 20.8 Å². The zero-order chi connectivity index (χ0) is 20.7.